The Bertz CT molecular complexity index is 92.2. The molecule has 0 unspecified atom stereocenters. The van der Waals surface area contributed by atoms with Crippen molar-refractivity contribution in [3.63, 3.8) is 0 Å². The third-order valence-corrected chi connectivity index (χ3v) is 0.576. The van der Waals surface area contributed by atoms with Gasteiger partial charge in [0.2, 0.25) is 0 Å². The summed E-state index contributed by atoms with van der Waals surface area (Å²) in [6.07, 6.45) is -1.16. The molecule has 0 bridgehead atoms. The Kier molecular flexibility index (Phi) is 3.79. The zero-order valence-electron chi connectivity index (χ0n) is 5.55. The summed E-state index contributed by atoms with van der Waals surface area (Å²) in [6, 6.07) is 0. The van der Waals surface area contributed by atoms with E-state index in [1.54, 1.807) is 5.48 Å². The molecule has 0 radical (unpaired) electrons. The first-order chi connectivity index (χ1) is 4.13. The molecule has 54 valence electrons. The molecule has 0 aliphatic rings. The van der Waals surface area contributed by atoms with Crippen molar-refractivity contribution in [1.82, 2.24) is 5.48 Å². The molecule has 0 fully saturated rings. The van der Waals surface area contributed by atoms with Gasteiger partial charge in [-0.25, -0.2) is 4.79 Å². The molecule has 0 aliphatic heterocycles. The number of carboxylic acid groups (broad SMARTS) is 1. The highest BCUT2D eigenvalue weighted by atomic mass is 16.7. The topological polar surface area (TPSA) is 58.6 Å². The zero-order valence-corrected chi connectivity index (χ0v) is 5.55. The molecule has 4 heteroatoms. The van der Waals surface area contributed by atoms with Gasteiger partial charge in [-0.15, -0.1) is 0 Å². The highest BCUT2D eigenvalue weighted by Gasteiger charge is 1.95. The van der Waals surface area contributed by atoms with Crippen molar-refractivity contribution in [2.75, 3.05) is 6.61 Å². The number of hydroxylamine groups is 1. The summed E-state index contributed by atoms with van der Waals surface area (Å²) in [4.78, 5) is 14.3. The average Bonchev–Trinajstić information content (AvgIpc) is 1.63. The quantitative estimate of drug-likeness (QED) is 0.561. The Morgan fingerprint density at radius 2 is 2.33 bits per heavy atom. The Labute approximate surface area is 53.8 Å². The monoisotopic (exact) mass is 133 g/mol. The molecule has 0 saturated heterocycles. The number of carbonyl (C=O) groups is 1. The van der Waals surface area contributed by atoms with E-state index in [0.29, 0.717) is 12.5 Å². The van der Waals surface area contributed by atoms with Crippen LogP contribution >= 0.6 is 0 Å². The minimum absolute atomic E-state index is 0.344. The maximum atomic E-state index is 9.74. The maximum absolute atomic E-state index is 9.74. The summed E-state index contributed by atoms with van der Waals surface area (Å²) in [7, 11) is 0. The molecule has 0 aromatic rings. The van der Waals surface area contributed by atoms with E-state index in [4.69, 9.17) is 5.11 Å². The molecule has 0 rings (SSSR count). The van der Waals surface area contributed by atoms with Gasteiger partial charge in [-0.1, -0.05) is 13.8 Å². The SMILES string of the molecule is CC(C)CONC(=O)O. The molecule has 0 saturated carbocycles. The zero-order chi connectivity index (χ0) is 7.28. The second-order valence-corrected chi connectivity index (χ2v) is 2.11. The minimum Gasteiger partial charge on any atom is -0.464 e. The van der Waals surface area contributed by atoms with Crippen LogP contribution in [-0.4, -0.2) is 17.8 Å². The first-order valence-corrected chi connectivity index (χ1v) is 2.73. The first-order valence-electron chi connectivity index (χ1n) is 2.73. The minimum atomic E-state index is -1.16. The fourth-order valence-electron chi connectivity index (χ4n) is 0.270. The lowest BCUT2D eigenvalue weighted by atomic mass is 10.2. The Balaban J connectivity index is 3.01. The van der Waals surface area contributed by atoms with Gasteiger partial charge in [0.05, 0.1) is 6.61 Å². The smallest absolute Gasteiger partial charge is 0.428 e. The highest BCUT2D eigenvalue weighted by molar-refractivity contribution is 5.62. The van der Waals surface area contributed by atoms with Gasteiger partial charge in [0, 0.05) is 0 Å². The molecule has 0 atom stereocenters. The predicted molar refractivity (Wildman–Crippen MR) is 32.0 cm³/mol. The van der Waals surface area contributed by atoms with Gasteiger partial charge in [0.1, 0.15) is 0 Å². The highest BCUT2D eigenvalue weighted by Crippen LogP contribution is 1.88. The van der Waals surface area contributed by atoms with Crippen LogP contribution in [0.2, 0.25) is 0 Å². The van der Waals surface area contributed by atoms with Crippen LogP contribution in [0.4, 0.5) is 4.79 Å². The first kappa shape index (κ1) is 8.23. The van der Waals surface area contributed by atoms with E-state index < -0.39 is 6.09 Å². The molecule has 9 heavy (non-hydrogen) atoms. The van der Waals surface area contributed by atoms with E-state index in [-0.39, 0.29) is 0 Å². The van der Waals surface area contributed by atoms with Crippen molar-refractivity contribution in [3.05, 3.63) is 0 Å². The molecule has 0 aliphatic carbocycles. The van der Waals surface area contributed by atoms with E-state index in [9.17, 15) is 4.79 Å². The van der Waals surface area contributed by atoms with Gasteiger partial charge >= 0.3 is 6.09 Å². The lowest BCUT2D eigenvalue weighted by Gasteiger charge is -2.03. The molecule has 1 amide bonds. The predicted octanol–water partition coefficient (Wildman–Crippen LogP) is 0.842. The van der Waals surface area contributed by atoms with Crippen LogP contribution in [0.15, 0.2) is 0 Å². The summed E-state index contributed by atoms with van der Waals surface area (Å²) in [5, 5.41) is 7.99. The lowest BCUT2D eigenvalue weighted by Crippen LogP contribution is -2.23. The van der Waals surface area contributed by atoms with E-state index in [1.807, 2.05) is 13.8 Å². The van der Waals surface area contributed by atoms with E-state index in [0.717, 1.165) is 0 Å². The van der Waals surface area contributed by atoms with Crippen molar-refractivity contribution in [3.8, 4) is 0 Å². The number of hydrogen-bond acceptors (Lipinski definition) is 2. The van der Waals surface area contributed by atoms with E-state index in [1.165, 1.54) is 0 Å². The third kappa shape index (κ3) is 7.23. The van der Waals surface area contributed by atoms with Crippen LogP contribution in [0, 0.1) is 5.92 Å². The van der Waals surface area contributed by atoms with Crippen LogP contribution in [0.1, 0.15) is 13.8 Å². The van der Waals surface area contributed by atoms with Crippen LogP contribution < -0.4 is 5.48 Å². The summed E-state index contributed by atoms with van der Waals surface area (Å²) >= 11 is 0. The summed E-state index contributed by atoms with van der Waals surface area (Å²) in [6.45, 7) is 4.28. The van der Waals surface area contributed by atoms with Crippen molar-refractivity contribution >= 4 is 6.09 Å². The third-order valence-electron chi connectivity index (χ3n) is 0.576. The lowest BCUT2D eigenvalue weighted by molar-refractivity contribution is 0.0278. The van der Waals surface area contributed by atoms with Gasteiger partial charge in [-0.2, -0.15) is 5.48 Å². The van der Waals surface area contributed by atoms with Crippen LogP contribution in [0.25, 0.3) is 0 Å². The molecule has 4 nitrogen and oxygen atoms in total. The molecular formula is C5H11NO3. The van der Waals surface area contributed by atoms with E-state index in [2.05, 4.69) is 4.84 Å². The Morgan fingerprint density at radius 1 is 1.78 bits per heavy atom. The number of nitrogens with one attached hydrogen (secondary N) is 1. The average molecular weight is 133 g/mol. The molecule has 0 aromatic carbocycles. The molecule has 0 spiro atoms. The van der Waals surface area contributed by atoms with Gasteiger partial charge in [-0.05, 0) is 5.92 Å². The van der Waals surface area contributed by atoms with Crippen LogP contribution in [0.3, 0.4) is 0 Å². The van der Waals surface area contributed by atoms with Gasteiger partial charge < -0.3 is 5.11 Å². The van der Waals surface area contributed by atoms with Gasteiger partial charge in [0.25, 0.3) is 0 Å². The summed E-state index contributed by atoms with van der Waals surface area (Å²) in [5.74, 6) is 0.344. The van der Waals surface area contributed by atoms with Crippen LogP contribution in [0.5, 0.6) is 0 Å². The van der Waals surface area contributed by atoms with Gasteiger partial charge in [0.15, 0.2) is 0 Å². The van der Waals surface area contributed by atoms with Crippen molar-refractivity contribution < 1.29 is 14.7 Å². The fourth-order valence-corrected chi connectivity index (χ4v) is 0.270. The van der Waals surface area contributed by atoms with Crippen LogP contribution in [-0.2, 0) is 4.84 Å². The van der Waals surface area contributed by atoms with Crippen molar-refractivity contribution in [2.24, 2.45) is 5.92 Å². The Hall–Kier alpha value is -0.770. The summed E-state index contributed by atoms with van der Waals surface area (Å²) in [5.41, 5.74) is 1.79. The maximum Gasteiger partial charge on any atom is 0.428 e. The second kappa shape index (κ2) is 4.14. The molecule has 2 N–H and O–H groups in total. The summed E-state index contributed by atoms with van der Waals surface area (Å²) < 4.78 is 0. The normalized spacial score (nSPS) is 9.67. The van der Waals surface area contributed by atoms with E-state index >= 15 is 0 Å². The van der Waals surface area contributed by atoms with Gasteiger partial charge in [-0.3, -0.25) is 4.84 Å². The van der Waals surface area contributed by atoms with Crippen molar-refractivity contribution in [1.29, 1.82) is 0 Å². The number of hydrogen-bond donors (Lipinski definition) is 2. The fraction of sp³-hybridized carbons (Fsp3) is 0.800. The molecule has 0 heterocycles. The largest absolute Gasteiger partial charge is 0.464 e. The molecular weight excluding hydrogens is 122 g/mol. The second-order valence-electron chi connectivity index (χ2n) is 2.11. The molecule has 0 aromatic heterocycles. The number of rotatable bonds is 3. The number of amides is 1. The Morgan fingerprint density at radius 3 is 2.67 bits per heavy atom. The standard InChI is InChI=1S/C5H11NO3/c1-4(2)3-9-6-5(7)8/h4,6H,3H2,1-2H3,(H,7,8). The van der Waals surface area contributed by atoms with Crippen molar-refractivity contribution in [2.45, 2.75) is 13.8 Å².